The molecule has 94 valence electrons. The van der Waals surface area contributed by atoms with Gasteiger partial charge in [-0.1, -0.05) is 20.8 Å². The summed E-state index contributed by atoms with van der Waals surface area (Å²) in [6.45, 7) is 14.7. The van der Waals surface area contributed by atoms with Gasteiger partial charge in [-0.15, -0.1) is 6.42 Å². The number of carbonyl (C=O) groups is 2. The van der Waals surface area contributed by atoms with Crippen LogP contribution >= 0.6 is 0 Å². The molecule has 0 rings (SSSR count). The summed E-state index contributed by atoms with van der Waals surface area (Å²) in [5, 5.41) is 0. The summed E-state index contributed by atoms with van der Waals surface area (Å²) in [4.78, 5) is 20.8. The van der Waals surface area contributed by atoms with Crippen molar-refractivity contribution < 1.29 is 30.7 Å². The van der Waals surface area contributed by atoms with Gasteiger partial charge in [-0.05, 0) is 18.8 Å². The molecule has 0 N–H and O–H groups in total. The van der Waals surface area contributed by atoms with E-state index >= 15 is 0 Å². The number of hydrogen-bond donors (Lipinski definition) is 0. The zero-order chi connectivity index (χ0) is 12.5. The minimum atomic E-state index is 0. The molecule has 0 aliphatic heterocycles. The minimum absolute atomic E-state index is 0. The molecule has 0 atom stereocenters. The summed E-state index contributed by atoms with van der Waals surface area (Å²) in [5.74, 6) is 0.479. The number of hydrogen-bond acceptors (Lipinski definition) is 2. The van der Waals surface area contributed by atoms with Crippen LogP contribution in [0, 0.1) is 19.3 Å². The van der Waals surface area contributed by atoms with E-state index in [9.17, 15) is 9.59 Å². The quantitative estimate of drug-likeness (QED) is 0.683. The maximum Gasteiger partial charge on any atom is 2.00 e. The Bertz CT molecular complexity index is 193. The number of ketones is 2. The largest absolute Gasteiger partial charge is 2.00 e. The summed E-state index contributed by atoms with van der Waals surface area (Å²) in [5.41, 5.74) is 0.145. The van der Waals surface area contributed by atoms with E-state index in [1.165, 1.54) is 6.92 Å². The average molecular weight is 396 g/mol. The maximum atomic E-state index is 11.0. The van der Waals surface area contributed by atoms with Crippen molar-refractivity contribution in [2.24, 2.45) is 5.41 Å². The van der Waals surface area contributed by atoms with E-state index in [1.807, 2.05) is 0 Å². The fourth-order valence-electron chi connectivity index (χ4n) is 0.877. The minimum Gasteiger partial charge on any atom is -0.343 e. The molecule has 0 unspecified atom stereocenters. The first-order chi connectivity index (χ1) is 6.72. The maximum absolute atomic E-state index is 11.0. The van der Waals surface area contributed by atoms with Gasteiger partial charge < -0.3 is 18.6 Å². The molecular weight excluding hydrogens is 372 g/mol. The van der Waals surface area contributed by atoms with Crippen molar-refractivity contribution in [3.63, 3.8) is 0 Å². The smallest absolute Gasteiger partial charge is 0.343 e. The predicted octanol–water partition coefficient (Wildman–Crippen LogP) is 3.40. The summed E-state index contributed by atoms with van der Waals surface area (Å²) in [7, 11) is 0. The van der Waals surface area contributed by atoms with Crippen LogP contribution in [0.15, 0.2) is 0 Å². The summed E-state index contributed by atoms with van der Waals surface area (Å²) in [6, 6.07) is 0. The van der Waals surface area contributed by atoms with Gasteiger partial charge in [-0.25, -0.2) is 0 Å². The van der Waals surface area contributed by atoms with Gasteiger partial charge in [0.05, 0.1) is 5.78 Å². The van der Waals surface area contributed by atoms with Crippen molar-refractivity contribution in [2.75, 3.05) is 0 Å². The predicted molar refractivity (Wildman–Crippen MR) is 64.3 cm³/mol. The van der Waals surface area contributed by atoms with E-state index in [1.54, 1.807) is 0 Å². The van der Waals surface area contributed by atoms with Crippen LogP contribution in [0.2, 0.25) is 0 Å². The van der Waals surface area contributed by atoms with Crippen molar-refractivity contribution in [2.45, 2.75) is 53.4 Å². The van der Waals surface area contributed by atoms with Gasteiger partial charge >= 0.3 is 21.1 Å². The molecule has 0 aliphatic rings. The Balaban J connectivity index is -0.000000242. The molecule has 2 nitrogen and oxygen atoms in total. The molecule has 3 heteroatoms. The molecule has 0 heterocycles. The third kappa shape index (κ3) is 23.7. The molecule has 0 saturated carbocycles. The van der Waals surface area contributed by atoms with Crippen LogP contribution in [0.3, 0.4) is 0 Å². The molecule has 0 radical (unpaired) electrons. The Morgan fingerprint density at radius 3 is 1.69 bits per heavy atom. The third-order valence-corrected chi connectivity index (χ3v) is 1.54. The Kier molecular flexibility index (Phi) is 15.3. The van der Waals surface area contributed by atoms with Gasteiger partial charge in [0, 0.05) is 6.42 Å². The van der Waals surface area contributed by atoms with Crippen LogP contribution in [0.1, 0.15) is 53.4 Å². The number of rotatable bonds is 4. The Labute approximate surface area is 115 Å². The van der Waals surface area contributed by atoms with Gasteiger partial charge in [0.15, 0.2) is 0 Å². The van der Waals surface area contributed by atoms with Gasteiger partial charge in [0.1, 0.15) is 5.78 Å². The average Bonchev–Trinajstić information content (AvgIpc) is 2.02. The normalized spacial score (nSPS) is 9.62. The second-order valence-corrected chi connectivity index (χ2v) is 4.83. The first kappa shape index (κ1) is 21.3. The molecule has 0 aromatic carbocycles. The Morgan fingerprint density at radius 1 is 1.12 bits per heavy atom. The summed E-state index contributed by atoms with van der Waals surface area (Å²) in [6.07, 6.45) is 2.47. The van der Waals surface area contributed by atoms with Crippen LogP contribution in [0.25, 0.3) is 0 Å². The van der Waals surface area contributed by atoms with Crippen LogP contribution in [0.4, 0.5) is 0 Å². The van der Waals surface area contributed by atoms with Crippen molar-refractivity contribution in [3.05, 3.63) is 13.8 Å². The summed E-state index contributed by atoms with van der Waals surface area (Å²) < 4.78 is 0. The first-order valence-electron chi connectivity index (χ1n) is 5.32. The van der Waals surface area contributed by atoms with Crippen LogP contribution in [-0.2, 0) is 30.7 Å². The van der Waals surface area contributed by atoms with E-state index in [-0.39, 0.29) is 32.3 Å². The molecule has 0 fully saturated rings. The molecule has 0 aromatic heterocycles. The molecule has 0 aliphatic carbocycles. The van der Waals surface area contributed by atoms with Gasteiger partial charge in [-0.3, -0.25) is 4.79 Å². The fourth-order valence-corrected chi connectivity index (χ4v) is 0.877. The van der Waals surface area contributed by atoms with Crippen LogP contribution in [0.5, 0.6) is 0 Å². The summed E-state index contributed by atoms with van der Waals surface area (Å²) >= 11 is 0. The zero-order valence-electron chi connectivity index (χ0n) is 11.0. The van der Waals surface area contributed by atoms with Gasteiger partial charge in [0.2, 0.25) is 0 Å². The van der Waals surface area contributed by atoms with E-state index < -0.39 is 0 Å². The van der Waals surface area contributed by atoms with Gasteiger partial charge in [0.25, 0.3) is 0 Å². The molecule has 0 spiro atoms. The first-order valence-corrected chi connectivity index (χ1v) is 5.32. The Morgan fingerprint density at radius 2 is 1.50 bits per heavy atom. The second kappa shape index (κ2) is 11.5. The fraction of sp³-hybridized carbons (Fsp3) is 0.692. The van der Waals surface area contributed by atoms with Crippen molar-refractivity contribution >= 4 is 11.6 Å². The van der Waals surface area contributed by atoms with Crippen molar-refractivity contribution in [3.8, 4) is 0 Å². The zero-order valence-corrected chi connectivity index (χ0v) is 13.9. The molecule has 16 heavy (non-hydrogen) atoms. The van der Waals surface area contributed by atoms with E-state index in [2.05, 4.69) is 34.6 Å². The van der Waals surface area contributed by atoms with Crippen LogP contribution in [-0.4, -0.2) is 11.6 Å². The molecule has 0 amide bonds. The molecule has 0 aromatic rings. The second-order valence-electron chi connectivity index (χ2n) is 4.83. The topological polar surface area (TPSA) is 34.1 Å². The third-order valence-electron chi connectivity index (χ3n) is 1.54. The van der Waals surface area contributed by atoms with Gasteiger partial charge in [-0.2, -0.15) is 6.42 Å². The van der Waals surface area contributed by atoms with E-state index in [0.717, 1.165) is 6.42 Å². The molecule has 0 saturated heterocycles. The SMILES string of the molecule is [CH2-]CC(C)=O.[CH2-]CCC(=O)CC(C)(C)C.[W+2]. The number of Topliss-reactive ketones (excluding diaryl/α,β-unsaturated/α-hetero) is 2. The Hall–Kier alpha value is 0.0283. The monoisotopic (exact) mass is 396 g/mol. The molecular formula is C13H24O2W. The van der Waals surface area contributed by atoms with E-state index in [4.69, 9.17) is 0 Å². The van der Waals surface area contributed by atoms with E-state index in [0.29, 0.717) is 25.0 Å². The van der Waals surface area contributed by atoms with Crippen molar-refractivity contribution in [1.82, 2.24) is 0 Å². The number of carbonyl (C=O) groups excluding carboxylic acids is 2. The molecule has 0 bridgehead atoms. The van der Waals surface area contributed by atoms with Crippen LogP contribution < -0.4 is 0 Å². The van der Waals surface area contributed by atoms with Crippen molar-refractivity contribution in [1.29, 1.82) is 0 Å². The standard InChI is InChI=1S/C9H17O.C4H7O.W/c1-5-6-8(10)7-9(2,3)4;1-3-4(2)5;/h1,5-7H2,2-4H3;1,3H2,2H3;/q2*-1;+2.